The van der Waals surface area contributed by atoms with Crippen LogP contribution in [0.4, 0.5) is 0 Å². The second-order valence-electron chi connectivity index (χ2n) is 7.33. The van der Waals surface area contributed by atoms with Gasteiger partial charge >= 0.3 is 0 Å². The second-order valence-corrected chi connectivity index (χ2v) is 8.40. The predicted octanol–water partition coefficient (Wildman–Crippen LogP) is 2.75. The van der Waals surface area contributed by atoms with Crippen LogP contribution in [0.5, 0.6) is 0 Å². The van der Waals surface area contributed by atoms with E-state index >= 15 is 0 Å². The second kappa shape index (κ2) is 17.8. The van der Waals surface area contributed by atoms with Gasteiger partial charge in [0.25, 0.3) is 0 Å². The van der Waals surface area contributed by atoms with E-state index in [1.165, 1.54) is 11.1 Å². The Labute approximate surface area is 185 Å². The van der Waals surface area contributed by atoms with Crippen LogP contribution in [-0.4, -0.2) is 42.7 Å². The molecule has 0 aliphatic rings. The van der Waals surface area contributed by atoms with Crippen LogP contribution in [0.15, 0.2) is 35.1 Å². The fourth-order valence-corrected chi connectivity index (χ4v) is 3.40. The van der Waals surface area contributed by atoms with Gasteiger partial charge in [-0.15, -0.1) is 0 Å². The van der Waals surface area contributed by atoms with Crippen LogP contribution in [0, 0.1) is 0 Å². The van der Waals surface area contributed by atoms with Gasteiger partial charge in [-0.3, -0.25) is 9.59 Å². The van der Waals surface area contributed by atoms with E-state index in [2.05, 4.69) is 55.2 Å². The van der Waals surface area contributed by atoms with Gasteiger partial charge in [-0.2, -0.15) is 11.8 Å². The zero-order valence-corrected chi connectivity index (χ0v) is 19.6. The third-order valence-corrected chi connectivity index (χ3v) is 5.13. The van der Waals surface area contributed by atoms with Crippen molar-refractivity contribution >= 4 is 29.9 Å². The summed E-state index contributed by atoms with van der Waals surface area (Å²) in [6.07, 6.45) is 11.3. The number of nitrogens with two attached hydrogens (primary N) is 1. The number of primary amides is 1. The standard InChI is InChI=1S/C22H38N4O3S/c1-17(2)7-5-8-18(3)9-6-10-19(26-24-4)13-14-30-16-20(15-27)25-22(29)12-11-21(23)28/h7,9,13,15,20,24,26H,5-6,8,10-12,14,16H2,1-4H3,(H2,23,28)(H,25,29)/b18-9+,19-13-. The predicted molar refractivity (Wildman–Crippen MR) is 126 cm³/mol. The molecule has 0 radical (unpaired) electrons. The Bertz CT molecular complexity index is 626. The zero-order valence-electron chi connectivity index (χ0n) is 18.8. The van der Waals surface area contributed by atoms with Gasteiger partial charge in [0.1, 0.15) is 6.29 Å². The molecule has 2 amide bonds. The highest BCUT2D eigenvalue weighted by Gasteiger charge is 2.11. The molecule has 0 saturated carbocycles. The first kappa shape index (κ1) is 27.9. The molecule has 5 N–H and O–H groups in total. The quantitative estimate of drug-likeness (QED) is 0.120. The lowest BCUT2D eigenvalue weighted by molar-refractivity contribution is -0.126. The molecule has 0 aliphatic heterocycles. The molecule has 0 aromatic heterocycles. The van der Waals surface area contributed by atoms with Crippen molar-refractivity contribution in [3.05, 3.63) is 35.1 Å². The largest absolute Gasteiger partial charge is 0.370 e. The molecule has 30 heavy (non-hydrogen) atoms. The number of aldehydes is 1. The summed E-state index contributed by atoms with van der Waals surface area (Å²) in [6, 6.07) is -0.573. The van der Waals surface area contributed by atoms with Crippen molar-refractivity contribution in [2.24, 2.45) is 5.73 Å². The minimum absolute atomic E-state index is 0.00174. The maximum atomic E-state index is 11.7. The normalized spacial score (nSPS) is 12.8. The molecular formula is C22H38N4O3S. The summed E-state index contributed by atoms with van der Waals surface area (Å²) in [6.45, 7) is 6.40. The smallest absolute Gasteiger partial charge is 0.221 e. The Morgan fingerprint density at radius 3 is 2.30 bits per heavy atom. The molecule has 1 unspecified atom stereocenters. The highest BCUT2D eigenvalue weighted by molar-refractivity contribution is 7.99. The summed E-state index contributed by atoms with van der Waals surface area (Å²) in [5, 5.41) is 2.61. The number of amides is 2. The lowest BCUT2D eigenvalue weighted by atomic mass is 10.1. The van der Waals surface area contributed by atoms with Crippen LogP contribution in [0.25, 0.3) is 0 Å². The summed E-state index contributed by atoms with van der Waals surface area (Å²) in [4.78, 5) is 33.6. The fraction of sp³-hybridized carbons (Fsp3) is 0.591. The summed E-state index contributed by atoms with van der Waals surface area (Å²) < 4.78 is 0. The first-order valence-electron chi connectivity index (χ1n) is 10.3. The fourth-order valence-electron chi connectivity index (χ4n) is 2.53. The Hall–Kier alpha value is -2.06. The number of hydrogen-bond acceptors (Lipinski definition) is 6. The van der Waals surface area contributed by atoms with Crippen LogP contribution in [0.3, 0.4) is 0 Å². The Kier molecular flexibility index (Phi) is 16.5. The van der Waals surface area contributed by atoms with Crippen molar-refractivity contribution in [1.82, 2.24) is 16.2 Å². The minimum atomic E-state index is -0.573. The molecular weight excluding hydrogens is 400 g/mol. The van der Waals surface area contributed by atoms with E-state index < -0.39 is 11.9 Å². The molecule has 7 nitrogen and oxygen atoms in total. The summed E-state index contributed by atoms with van der Waals surface area (Å²) >= 11 is 1.56. The van der Waals surface area contributed by atoms with Crippen molar-refractivity contribution in [2.45, 2.75) is 65.3 Å². The first-order valence-corrected chi connectivity index (χ1v) is 11.4. The van der Waals surface area contributed by atoms with Crippen LogP contribution in [-0.2, 0) is 14.4 Å². The summed E-state index contributed by atoms with van der Waals surface area (Å²) in [5.74, 6) is 0.314. The molecule has 1 atom stereocenters. The number of hydrazine groups is 1. The van der Waals surface area contributed by atoms with E-state index in [1.54, 1.807) is 11.8 Å². The number of rotatable bonds is 17. The number of nitrogens with one attached hydrogen (secondary N) is 3. The van der Waals surface area contributed by atoms with E-state index in [4.69, 9.17) is 5.73 Å². The van der Waals surface area contributed by atoms with Gasteiger partial charge in [-0.25, -0.2) is 5.43 Å². The van der Waals surface area contributed by atoms with Gasteiger partial charge in [0.2, 0.25) is 11.8 Å². The molecule has 0 spiro atoms. The molecule has 0 aromatic rings. The number of thioether (sulfide) groups is 1. The van der Waals surface area contributed by atoms with E-state index in [9.17, 15) is 14.4 Å². The third-order valence-electron chi connectivity index (χ3n) is 4.14. The molecule has 170 valence electrons. The summed E-state index contributed by atoms with van der Waals surface area (Å²) in [5.41, 5.74) is 15.0. The van der Waals surface area contributed by atoms with Crippen LogP contribution in [0.1, 0.15) is 59.3 Å². The number of carbonyl (C=O) groups excluding carboxylic acids is 3. The molecule has 0 saturated heterocycles. The van der Waals surface area contributed by atoms with Crippen LogP contribution in [0.2, 0.25) is 0 Å². The highest BCUT2D eigenvalue weighted by Crippen LogP contribution is 2.12. The Balaban J connectivity index is 4.35. The molecule has 0 fully saturated rings. The Morgan fingerprint density at radius 1 is 1.00 bits per heavy atom. The molecule has 0 rings (SSSR count). The van der Waals surface area contributed by atoms with Gasteiger partial charge in [0, 0.05) is 37.1 Å². The van der Waals surface area contributed by atoms with Crippen molar-refractivity contribution in [3.8, 4) is 0 Å². The number of allylic oxidation sites excluding steroid dienone is 5. The average molecular weight is 439 g/mol. The maximum absolute atomic E-state index is 11.7. The van der Waals surface area contributed by atoms with Gasteiger partial charge < -0.3 is 21.3 Å². The van der Waals surface area contributed by atoms with E-state index in [-0.39, 0.29) is 18.7 Å². The Morgan fingerprint density at radius 2 is 1.70 bits per heavy atom. The third kappa shape index (κ3) is 16.9. The van der Waals surface area contributed by atoms with Crippen molar-refractivity contribution in [1.29, 1.82) is 0 Å². The van der Waals surface area contributed by atoms with Crippen molar-refractivity contribution in [3.63, 3.8) is 0 Å². The lowest BCUT2D eigenvalue weighted by Crippen LogP contribution is -2.38. The first-order chi connectivity index (χ1) is 14.3. The van der Waals surface area contributed by atoms with Crippen LogP contribution >= 0.6 is 11.8 Å². The summed E-state index contributed by atoms with van der Waals surface area (Å²) in [7, 11) is 1.82. The topological polar surface area (TPSA) is 113 Å². The van der Waals surface area contributed by atoms with Gasteiger partial charge in [-0.1, -0.05) is 29.4 Å². The van der Waals surface area contributed by atoms with Crippen molar-refractivity contribution in [2.75, 3.05) is 18.6 Å². The average Bonchev–Trinajstić information content (AvgIpc) is 2.68. The molecule has 0 heterocycles. The van der Waals surface area contributed by atoms with E-state index in [0.717, 1.165) is 37.1 Å². The van der Waals surface area contributed by atoms with E-state index in [1.807, 2.05) is 7.05 Å². The maximum Gasteiger partial charge on any atom is 0.221 e. The van der Waals surface area contributed by atoms with Crippen LogP contribution < -0.4 is 21.9 Å². The molecule has 0 aromatic carbocycles. The van der Waals surface area contributed by atoms with Gasteiger partial charge in [-0.05, 0) is 46.5 Å². The SMILES string of the molecule is CNN/C(=C\CSCC(C=O)NC(=O)CCC(N)=O)CC/C=C(\C)CCC=C(C)C. The lowest BCUT2D eigenvalue weighted by Gasteiger charge is -2.12. The molecule has 0 aliphatic carbocycles. The monoisotopic (exact) mass is 438 g/mol. The highest BCUT2D eigenvalue weighted by atomic mass is 32.2. The van der Waals surface area contributed by atoms with Gasteiger partial charge in [0.15, 0.2) is 0 Å². The number of hydrogen-bond donors (Lipinski definition) is 4. The molecule has 8 heteroatoms. The number of carbonyl (C=O) groups is 3. The zero-order chi connectivity index (χ0) is 22.8. The van der Waals surface area contributed by atoms with E-state index in [0.29, 0.717) is 12.0 Å². The molecule has 0 bridgehead atoms. The van der Waals surface area contributed by atoms with Gasteiger partial charge in [0.05, 0.1) is 6.04 Å². The minimum Gasteiger partial charge on any atom is -0.370 e. The van der Waals surface area contributed by atoms with Crippen molar-refractivity contribution < 1.29 is 14.4 Å².